The van der Waals surface area contributed by atoms with Crippen LogP contribution in [0.15, 0.2) is 60.9 Å². The first-order chi connectivity index (χ1) is 15.2. The SMILES string of the molecule is c1cc(-c2ccc(Oc3ccc4nc(CN5CCC6(COC6)C5)ccc4c3)nc2)[nH]n1. The molecular formula is C24H23N5O2. The fraction of sp³-hybridized carbons (Fsp3) is 0.292. The predicted molar refractivity (Wildman–Crippen MR) is 117 cm³/mol. The summed E-state index contributed by atoms with van der Waals surface area (Å²) < 4.78 is 11.4. The zero-order chi connectivity index (χ0) is 20.7. The number of rotatable bonds is 5. The van der Waals surface area contributed by atoms with Crippen LogP contribution in [-0.4, -0.2) is 51.4 Å². The number of fused-ring (bicyclic) bond motifs is 1. The van der Waals surface area contributed by atoms with Crippen molar-refractivity contribution in [1.29, 1.82) is 0 Å². The summed E-state index contributed by atoms with van der Waals surface area (Å²) in [7, 11) is 0. The molecule has 1 spiro atoms. The maximum atomic E-state index is 5.95. The Morgan fingerprint density at radius 1 is 1.10 bits per heavy atom. The number of aromatic nitrogens is 4. The van der Waals surface area contributed by atoms with E-state index in [1.807, 2.05) is 36.4 Å². The molecule has 31 heavy (non-hydrogen) atoms. The fourth-order valence-electron chi connectivity index (χ4n) is 4.45. The van der Waals surface area contributed by atoms with Gasteiger partial charge in [0.1, 0.15) is 5.75 Å². The molecule has 0 bridgehead atoms. The van der Waals surface area contributed by atoms with Crippen LogP contribution in [0.4, 0.5) is 0 Å². The highest BCUT2D eigenvalue weighted by Crippen LogP contribution is 2.38. The Kier molecular flexibility index (Phi) is 4.44. The predicted octanol–water partition coefficient (Wildman–Crippen LogP) is 4.03. The molecule has 0 saturated carbocycles. The fourth-order valence-corrected chi connectivity index (χ4v) is 4.45. The maximum absolute atomic E-state index is 5.95. The van der Waals surface area contributed by atoms with Crippen LogP contribution >= 0.6 is 0 Å². The normalized spacial score (nSPS) is 17.8. The van der Waals surface area contributed by atoms with E-state index in [0.29, 0.717) is 11.3 Å². The van der Waals surface area contributed by atoms with Gasteiger partial charge >= 0.3 is 0 Å². The van der Waals surface area contributed by atoms with E-state index in [-0.39, 0.29) is 0 Å². The number of likely N-dealkylation sites (tertiary alicyclic amines) is 1. The van der Waals surface area contributed by atoms with E-state index in [1.54, 1.807) is 12.4 Å². The van der Waals surface area contributed by atoms with Gasteiger partial charge in [0.2, 0.25) is 5.88 Å². The monoisotopic (exact) mass is 413 g/mol. The van der Waals surface area contributed by atoms with Crippen molar-refractivity contribution in [2.45, 2.75) is 13.0 Å². The van der Waals surface area contributed by atoms with Gasteiger partial charge in [-0.15, -0.1) is 0 Å². The molecule has 2 fully saturated rings. The topological polar surface area (TPSA) is 76.2 Å². The van der Waals surface area contributed by atoms with Gasteiger partial charge in [-0.1, -0.05) is 6.07 Å². The van der Waals surface area contributed by atoms with Gasteiger partial charge < -0.3 is 9.47 Å². The Hall–Kier alpha value is -3.29. The molecule has 2 saturated heterocycles. The van der Waals surface area contributed by atoms with Gasteiger partial charge in [0, 0.05) is 47.9 Å². The maximum Gasteiger partial charge on any atom is 0.219 e. The highest BCUT2D eigenvalue weighted by molar-refractivity contribution is 5.80. The molecule has 1 aromatic carbocycles. The molecule has 0 amide bonds. The number of ether oxygens (including phenoxy) is 2. The van der Waals surface area contributed by atoms with E-state index in [4.69, 9.17) is 14.5 Å². The molecule has 7 heteroatoms. The van der Waals surface area contributed by atoms with E-state index < -0.39 is 0 Å². The summed E-state index contributed by atoms with van der Waals surface area (Å²) in [5.74, 6) is 1.30. The third-order valence-corrected chi connectivity index (χ3v) is 6.21. The molecule has 0 atom stereocenters. The van der Waals surface area contributed by atoms with Crippen LogP contribution in [0.1, 0.15) is 12.1 Å². The van der Waals surface area contributed by atoms with Crippen molar-refractivity contribution in [2.24, 2.45) is 5.41 Å². The number of pyridine rings is 2. The molecule has 4 aromatic rings. The van der Waals surface area contributed by atoms with Gasteiger partial charge in [0.25, 0.3) is 0 Å². The van der Waals surface area contributed by atoms with Gasteiger partial charge in [-0.25, -0.2) is 4.98 Å². The Labute approximate surface area is 180 Å². The molecule has 6 rings (SSSR count). The Bertz CT molecular complexity index is 1200. The Morgan fingerprint density at radius 2 is 2.06 bits per heavy atom. The van der Waals surface area contributed by atoms with E-state index in [1.165, 1.54) is 6.42 Å². The molecule has 5 heterocycles. The first-order valence-electron chi connectivity index (χ1n) is 10.6. The van der Waals surface area contributed by atoms with Gasteiger partial charge in [0.15, 0.2) is 0 Å². The van der Waals surface area contributed by atoms with Crippen LogP contribution in [-0.2, 0) is 11.3 Å². The number of aromatic amines is 1. The molecule has 7 nitrogen and oxygen atoms in total. The third-order valence-electron chi connectivity index (χ3n) is 6.21. The summed E-state index contributed by atoms with van der Waals surface area (Å²) in [5, 5.41) is 7.96. The van der Waals surface area contributed by atoms with Crippen LogP contribution in [0.25, 0.3) is 22.2 Å². The minimum absolute atomic E-state index is 0.410. The van der Waals surface area contributed by atoms with Gasteiger partial charge in [-0.3, -0.25) is 15.0 Å². The van der Waals surface area contributed by atoms with Crippen LogP contribution in [0.2, 0.25) is 0 Å². The van der Waals surface area contributed by atoms with Crippen LogP contribution in [0, 0.1) is 5.41 Å². The van der Waals surface area contributed by atoms with Gasteiger partial charge in [0.05, 0.1) is 30.1 Å². The standard InChI is InChI=1S/C24H23N5O2/c1-3-19(13-29-10-8-24(14-29)15-30-16-24)27-21-5-4-20(11-17(1)21)31-23-6-2-18(12-25-23)22-7-9-26-28-22/h1-7,9,11-12H,8,10,13-16H2,(H,26,28). The van der Waals surface area contributed by atoms with Crippen molar-refractivity contribution >= 4 is 10.9 Å². The highest BCUT2D eigenvalue weighted by atomic mass is 16.5. The number of H-pyrrole nitrogens is 1. The zero-order valence-corrected chi connectivity index (χ0v) is 17.1. The number of benzene rings is 1. The average Bonchev–Trinajstić information content (AvgIpc) is 3.45. The second-order valence-corrected chi connectivity index (χ2v) is 8.57. The van der Waals surface area contributed by atoms with E-state index >= 15 is 0 Å². The molecule has 1 N–H and O–H groups in total. The van der Waals surface area contributed by atoms with Crippen molar-refractivity contribution < 1.29 is 9.47 Å². The molecule has 2 aliphatic heterocycles. The van der Waals surface area contributed by atoms with Gasteiger partial charge in [-0.05, 0) is 49.4 Å². The lowest BCUT2D eigenvalue weighted by atomic mass is 9.85. The van der Waals surface area contributed by atoms with Crippen molar-refractivity contribution in [3.8, 4) is 22.9 Å². The van der Waals surface area contributed by atoms with Crippen LogP contribution < -0.4 is 4.74 Å². The second kappa shape index (κ2) is 7.44. The van der Waals surface area contributed by atoms with E-state index in [9.17, 15) is 0 Å². The van der Waals surface area contributed by atoms with Crippen LogP contribution in [0.3, 0.4) is 0 Å². The van der Waals surface area contributed by atoms with Crippen LogP contribution in [0.5, 0.6) is 11.6 Å². The smallest absolute Gasteiger partial charge is 0.219 e. The molecule has 3 aromatic heterocycles. The van der Waals surface area contributed by atoms with Crippen molar-refractivity contribution in [1.82, 2.24) is 25.1 Å². The van der Waals surface area contributed by atoms with Gasteiger partial charge in [-0.2, -0.15) is 5.10 Å². The average molecular weight is 413 g/mol. The Balaban J connectivity index is 1.15. The quantitative estimate of drug-likeness (QED) is 0.532. The number of nitrogens with zero attached hydrogens (tertiary/aromatic N) is 4. The lowest BCUT2D eigenvalue weighted by molar-refractivity contribution is -0.105. The zero-order valence-electron chi connectivity index (χ0n) is 17.1. The van der Waals surface area contributed by atoms with Crippen molar-refractivity contribution in [2.75, 3.05) is 26.3 Å². The summed E-state index contributed by atoms with van der Waals surface area (Å²) in [6.45, 7) is 4.96. The van der Waals surface area contributed by atoms with E-state index in [0.717, 1.165) is 66.5 Å². The summed E-state index contributed by atoms with van der Waals surface area (Å²) >= 11 is 0. The lowest BCUT2D eigenvalue weighted by Gasteiger charge is -2.37. The minimum atomic E-state index is 0.410. The van der Waals surface area contributed by atoms with E-state index in [2.05, 4.69) is 32.2 Å². The Morgan fingerprint density at radius 3 is 2.81 bits per heavy atom. The number of hydrogen-bond donors (Lipinski definition) is 1. The lowest BCUT2D eigenvalue weighted by Crippen LogP contribution is -2.44. The highest BCUT2D eigenvalue weighted by Gasteiger charge is 2.44. The molecule has 0 unspecified atom stereocenters. The number of nitrogens with one attached hydrogen (secondary N) is 1. The molecule has 0 radical (unpaired) electrons. The summed E-state index contributed by atoms with van der Waals surface area (Å²) in [6.07, 6.45) is 4.73. The third kappa shape index (κ3) is 3.66. The molecule has 156 valence electrons. The first kappa shape index (κ1) is 18.5. The summed E-state index contributed by atoms with van der Waals surface area (Å²) in [5.41, 5.74) is 4.39. The summed E-state index contributed by atoms with van der Waals surface area (Å²) in [6, 6.07) is 15.9. The second-order valence-electron chi connectivity index (χ2n) is 8.57. The molecule has 0 aliphatic carbocycles. The summed E-state index contributed by atoms with van der Waals surface area (Å²) in [4.78, 5) is 11.8. The van der Waals surface area contributed by atoms with Crippen molar-refractivity contribution in [3.05, 3.63) is 66.6 Å². The largest absolute Gasteiger partial charge is 0.439 e. The first-order valence-corrected chi connectivity index (χ1v) is 10.6. The number of hydrogen-bond acceptors (Lipinski definition) is 6. The van der Waals surface area contributed by atoms with Crippen molar-refractivity contribution in [3.63, 3.8) is 0 Å². The minimum Gasteiger partial charge on any atom is -0.439 e. The molecule has 2 aliphatic rings. The molecular weight excluding hydrogens is 390 g/mol.